The maximum absolute atomic E-state index is 14.2. The van der Waals surface area contributed by atoms with Crippen LogP contribution in [0.4, 0.5) is 31.1 Å². The van der Waals surface area contributed by atoms with Gasteiger partial charge in [-0.3, -0.25) is 13.6 Å². The minimum absolute atomic E-state index is 0.0254. The Labute approximate surface area is 296 Å². The van der Waals surface area contributed by atoms with E-state index in [2.05, 4.69) is 10.1 Å². The molecule has 0 fully saturated rings. The van der Waals surface area contributed by atoms with Crippen molar-refractivity contribution in [1.29, 1.82) is 0 Å². The van der Waals surface area contributed by atoms with E-state index in [1.165, 1.54) is 24.3 Å². The number of halogens is 6. The van der Waals surface area contributed by atoms with Crippen LogP contribution in [0.25, 0.3) is 0 Å². The van der Waals surface area contributed by atoms with Crippen LogP contribution in [0.1, 0.15) is 98.8 Å². The zero-order chi connectivity index (χ0) is 39.1. The summed E-state index contributed by atoms with van der Waals surface area (Å²) < 4.78 is 125. The normalized spacial score (nSPS) is 14.5. The predicted molar refractivity (Wildman–Crippen MR) is 180 cm³/mol. The molecule has 0 heterocycles. The van der Waals surface area contributed by atoms with Crippen molar-refractivity contribution in [1.82, 2.24) is 5.32 Å². The summed E-state index contributed by atoms with van der Waals surface area (Å²) in [4.78, 5) is 12.8. The number of phosphoric acid groups is 1. The van der Waals surface area contributed by atoms with E-state index in [0.717, 1.165) is 18.2 Å². The van der Waals surface area contributed by atoms with E-state index < -0.39 is 66.7 Å². The first-order valence-electron chi connectivity index (χ1n) is 16.3. The minimum Gasteiger partial charge on any atom is -0.493 e. The molecular weight excluding hydrogens is 707 g/mol. The molecule has 2 aromatic carbocycles. The predicted octanol–water partition coefficient (Wildman–Crippen LogP) is 10.6. The molecule has 0 radical (unpaired) electrons. The number of aryl methyl sites for hydroxylation is 2. The lowest BCUT2D eigenvalue weighted by Gasteiger charge is -2.35. The number of alkyl halides is 6. The Balaban J connectivity index is 2.22. The number of benzene rings is 2. The molecule has 1 N–H and O–H groups in total. The SMILES string of the molecule is CC(CCc1ccc(OCCCc2ccc(OC(F)(F)F)cc2)c(C(F)(F)F)c1)(COP(=O)(OC(C)(C)C)OC(C)(C)C)NC(=O)OC(C)(C)C. The Hall–Kier alpha value is -3.00. The van der Waals surface area contributed by atoms with Crippen LogP contribution in [-0.2, 0) is 41.9 Å². The highest BCUT2D eigenvalue weighted by Crippen LogP contribution is 2.56. The van der Waals surface area contributed by atoms with Crippen molar-refractivity contribution in [3.05, 3.63) is 59.2 Å². The smallest absolute Gasteiger partial charge is 0.493 e. The number of ether oxygens (including phenoxy) is 3. The summed E-state index contributed by atoms with van der Waals surface area (Å²) in [5.74, 6) is -0.771. The zero-order valence-corrected chi connectivity index (χ0v) is 31.7. The van der Waals surface area contributed by atoms with Crippen LogP contribution in [0.3, 0.4) is 0 Å². The second kappa shape index (κ2) is 16.8. The second-order valence-electron chi connectivity index (χ2n) is 15.3. The summed E-state index contributed by atoms with van der Waals surface area (Å²) in [6.45, 7) is 16.1. The molecule has 1 unspecified atom stereocenters. The molecule has 0 aliphatic heterocycles. The lowest BCUT2D eigenvalue weighted by molar-refractivity contribution is -0.274. The molecule has 0 aliphatic rings. The summed E-state index contributed by atoms with van der Waals surface area (Å²) >= 11 is 0. The van der Waals surface area contributed by atoms with E-state index in [0.29, 0.717) is 12.0 Å². The highest BCUT2D eigenvalue weighted by atomic mass is 31.2. The van der Waals surface area contributed by atoms with Gasteiger partial charge in [0.2, 0.25) is 0 Å². The molecule has 0 aliphatic carbocycles. The number of hydrogen-bond acceptors (Lipinski definition) is 8. The molecule has 16 heteroatoms. The lowest BCUT2D eigenvalue weighted by atomic mass is 9.93. The number of nitrogens with one attached hydrogen (secondary N) is 1. The summed E-state index contributed by atoms with van der Waals surface area (Å²) in [5.41, 5.74) is -4.13. The highest BCUT2D eigenvalue weighted by Gasteiger charge is 2.41. The Kier molecular flexibility index (Phi) is 14.5. The average Bonchev–Trinajstić information content (AvgIpc) is 2.90. The quantitative estimate of drug-likeness (QED) is 0.109. The Morgan fingerprint density at radius 2 is 1.29 bits per heavy atom. The first-order chi connectivity index (χ1) is 23.0. The minimum atomic E-state index is -4.82. The second-order valence-corrected chi connectivity index (χ2v) is 16.8. The maximum atomic E-state index is 14.2. The largest absolute Gasteiger partial charge is 0.573 e. The van der Waals surface area contributed by atoms with Crippen LogP contribution in [0.15, 0.2) is 42.5 Å². The van der Waals surface area contributed by atoms with Gasteiger partial charge >= 0.3 is 26.5 Å². The number of rotatable bonds is 15. The van der Waals surface area contributed by atoms with Gasteiger partial charge in [0.05, 0.1) is 35.5 Å². The molecule has 0 saturated carbocycles. The van der Waals surface area contributed by atoms with E-state index >= 15 is 0 Å². The third kappa shape index (κ3) is 17.9. The molecule has 0 bridgehead atoms. The van der Waals surface area contributed by atoms with Crippen molar-refractivity contribution in [3.8, 4) is 11.5 Å². The van der Waals surface area contributed by atoms with E-state index in [1.54, 1.807) is 69.2 Å². The Morgan fingerprint density at radius 3 is 1.78 bits per heavy atom. The first-order valence-corrected chi connectivity index (χ1v) is 17.8. The van der Waals surface area contributed by atoms with Gasteiger partial charge in [-0.25, -0.2) is 9.36 Å². The monoisotopic (exact) mass is 757 g/mol. The van der Waals surface area contributed by atoms with Gasteiger partial charge in [-0.15, -0.1) is 13.2 Å². The van der Waals surface area contributed by atoms with Crippen molar-refractivity contribution in [2.75, 3.05) is 13.2 Å². The molecule has 0 aromatic heterocycles. The maximum Gasteiger partial charge on any atom is 0.573 e. The summed E-state index contributed by atoms with van der Waals surface area (Å²) in [5, 5.41) is 2.71. The van der Waals surface area contributed by atoms with Crippen molar-refractivity contribution >= 4 is 13.9 Å². The zero-order valence-electron chi connectivity index (χ0n) is 30.8. The van der Waals surface area contributed by atoms with Gasteiger partial charge in [-0.05, 0) is 130 Å². The fraction of sp³-hybridized carbons (Fsp3) is 0.629. The molecule has 0 spiro atoms. The molecule has 0 saturated heterocycles. The molecule has 1 atom stereocenters. The van der Waals surface area contributed by atoms with Gasteiger partial charge < -0.3 is 19.5 Å². The lowest BCUT2D eigenvalue weighted by Crippen LogP contribution is -2.51. The van der Waals surface area contributed by atoms with Crippen molar-refractivity contribution in [2.24, 2.45) is 0 Å². The highest BCUT2D eigenvalue weighted by molar-refractivity contribution is 7.48. The molecule has 1 amide bonds. The number of amides is 1. The molecule has 2 rings (SSSR count). The fourth-order valence-electron chi connectivity index (χ4n) is 4.50. The Morgan fingerprint density at radius 1 is 0.745 bits per heavy atom. The molecular formula is C35H50F6NO8P. The van der Waals surface area contributed by atoms with Gasteiger partial charge in [0.1, 0.15) is 17.1 Å². The average molecular weight is 758 g/mol. The third-order valence-electron chi connectivity index (χ3n) is 6.45. The summed E-state index contributed by atoms with van der Waals surface area (Å²) in [7, 11) is -4.22. The van der Waals surface area contributed by atoms with Gasteiger partial charge in [-0.1, -0.05) is 18.2 Å². The van der Waals surface area contributed by atoms with Crippen LogP contribution < -0.4 is 14.8 Å². The summed E-state index contributed by atoms with van der Waals surface area (Å²) in [6.07, 6.45) is -9.72. The van der Waals surface area contributed by atoms with Crippen LogP contribution in [0, 0.1) is 0 Å². The Bertz CT molecular complexity index is 1460. The number of hydrogen-bond donors (Lipinski definition) is 1. The van der Waals surface area contributed by atoms with E-state index in [-0.39, 0.29) is 37.2 Å². The molecule has 2 aromatic rings. The van der Waals surface area contributed by atoms with Crippen LogP contribution in [0.2, 0.25) is 0 Å². The van der Waals surface area contributed by atoms with E-state index in [4.69, 9.17) is 23.0 Å². The fourth-order valence-corrected chi connectivity index (χ4v) is 6.43. The molecule has 51 heavy (non-hydrogen) atoms. The first kappa shape index (κ1) is 44.2. The van der Waals surface area contributed by atoms with Crippen molar-refractivity contribution < 1.29 is 63.5 Å². The van der Waals surface area contributed by atoms with Gasteiger partial charge in [0.15, 0.2) is 0 Å². The van der Waals surface area contributed by atoms with E-state index in [9.17, 15) is 35.7 Å². The van der Waals surface area contributed by atoms with E-state index in [1.807, 2.05) is 0 Å². The van der Waals surface area contributed by atoms with Gasteiger partial charge in [-0.2, -0.15) is 13.2 Å². The van der Waals surface area contributed by atoms with Crippen LogP contribution >= 0.6 is 7.82 Å². The van der Waals surface area contributed by atoms with Crippen molar-refractivity contribution in [3.63, 3.8) is 0 Å². The number of phosphoric ester groups is 1. The number of alkyl carbamates (subject to hydrolysis) is 1. The topological polar surface area (TPSA) is 102 Å². The standard InChI is InChI=1S/C35H50F6NO8P/c1-30(2,3)48-29(43)42-33(10,23-46-51(44,49-31(4,5)6)50-32(7,8)9)20-19-25-15-18-28(27(22-25)34(36,37)38)45-21-11-12-24-13-16-26(17-14-24)47-35(39,40)41/h13-18,22H,11-12,19-21,23H2,1-10H3,(H,42,43). The third-order valence-corrected chi connectivity index (χ3v) is 8.44. The molecule has 9 nitrogen and oxygen atoms in total. The van der Waals surface area contributed by atoms with Crippen LogP contribution in [-0.4, -0.2) is 48.0 Å². The summed E-state index contributed by atoms with van der Waals surface area (Å²) in [6, 6.07) is 8.81. The van der Waals surface area contributed by atoms with Gasteiger partial charge in [0.25, 0.3) is 0 Å². The molecule has 290 valence electrons. The number of carbonyl (C=O) groups excluding carboxylic acids is 1. The van der Waals surface area contributed by atoms with Crippen LogP contribution in [0.5, 0.6) is 11.5 Å². The number of carbonyl (C=O) groups is 1. The van der Waals surface area contributed by atoms with Gasteiger partial charge in [0, 0.05) is 0 Å². The van der Waals surface area contributed by atoms with Crippen molar-refractivity contribution in [2.45, 2.75) is 130 Å².